The van der Waals surface area contributed by atoms with Crippen molar-refractivity contribution in [1.82, 2.24) is 9.80 Å². The fraction of sp³-hybridized carbons (Fsp3) is 0.353. The molecule has 6 nitrogen and oxygen atoms in total. The molecule has 0 spiro atoms. The Morgan fingerprint density at radius 3 is 2.71 bits per heavy atom. The van der Waals surface area contributed by atoms with E-state index in [1.54, 1.807) is 36.5 Å². The minimum absolute atomic E-state index is 0.117. The Morgan fingerprint density at radius 1 is 1.29 bits per heavy atom. The second-order valence-electron chi connectivity index (χ2n) is 5.62. The van der Waals surface area contributed by atoms with E-state index in [4.69, 9.17) is 20.8 Å². The minimum atomic E-state index is -0.117. The lowest BCUT2D eigenvalue weighted by molar-refractivity contribution is 0.137. The topological polar surface area (TPSA) is 58.0 Å². The van der Waals surface area contributed by atoms with E-state index in [2.05, 4.69) is 10.2 Å². The van der Waals surface area contributed by atoms with Gasteiger partial charge in [-0.3, -0.25) is 4.90 Å². The number of anilines is 1. The fourth-order valence-corrected chi connectivity index (χ4v) is 2.94. The predicted octanol–water partition coefficient (Wildman–Crippen LogP) is 3.29. The van der Waals surface area contributed by atoms with E-state index in [1.807, 2.05) is 12.1 Å². The van der Waals surface area contributed by atoms with Crippen LogP contribution in [0.3, 0.4) is 0 Å². The summed E-state index contributed by atoms with van der Waals surface area (Å²) in [7, 11) is 1.56. The highest BCUT2D eigenvalue weighted by molar-refractivity contribution is 6.32. The third-order valence-electron chi connectivity index (χ3n) is 4.02. The Balaban J connectivity index is 1.50. The number of ether oxygens (including phenoxy) is 1. The van der Waals surface area contributed by atoms with Crippen LogP contribution in [0, 0.1) is 0 Å². The number of piperazine rings is 1. The van der Waals surface area contributed by atoms with Gasteiger partial charge in [0.05, 0.1) is 24.9 Å². The molecule has 2 aromatic rings. The molecule has 0 atom stereocenters. The molecule has 0 radical (unpaired) electrons. The molecule has 1 aliphatic heterocycles. The van der Waals surface area contributed by atoms with Gasteiger partial charge in [-0.15, -0.1) is 0 Å². The number of rotatable bonds is 4. The normalized spacial score (nSPS) is 15.3. The van der Waals surface area contributed by atoms with E-state index in [9.17, 15) is 4.79 Å². The zero-order valence-corrected chi connectivity index (χ0v) is 14.3. The SMILES string of the molecule is COc1ccc(NC(=O)N2CCN(Cc3ccco3)CC2)cc1Cl. The van der Waals surface area contributed by atoms with Crippen LogP contribution in [0.15, 0.2) is 41.0 Å². The van der Waals surface area contributed by atoms with E-state index in [0.29, 0.717) is 29.5 Å². The Bertz CT molecular complexity index is 682. The average molecular weight is 350 g/mol. The summed E-state index contributed by atoms with van der Waals surface area (Å²) < 4.78 is 10.5. The number of amides is 2. The molecule has 0 saturated carbocycles. The number of nitrogens with zero attached hydrogens (tertiary/aromatic N) is 2. The van der Waals surface area contributed by atoms with Crippen molar-refractivity contribution in [1.29, 1.82) is 0 Å². The Kier molecular flexibility index (Phi) is 5.27. The van der Waals surface area contributed by atoms with Gasteiger partial charge in [-0.2, -0.15) is 0 Å². The molecule has 0 unspecified atom stereocenters. The van der Waals surface area contributed by atoms with Crippen molar-refractivity contribution in [2.75, 3.05) is 38.6 Å². The first-order valence-electron chi connectivity index (χ1n) is 7.80. The number of carbonyl (C=O) groups excluding carboxylic acids is 1. The number of methoxy groups -OCH3 is 1. The van der Waals surface area contributed by atoms with Gasteiger partial charge in [0.1, 0.15) is 11.5 Å². The summed E-state index contributed by atoms with van der Waals surface area (Å²) in [5.74, 6) is 1.53. The maximum Gasteiger partial charge on any atom is 0.321 e. The van der Waals surface area contributed by atoms with Crippen molar-refractivity contribution in [2.24, 2.45) is 0 Å². The molecule has 1 saturated heterocycles. The van der Waals surface area contributed by atoms with Gasteiger partial charge in [-0.05, 0) is 30.3 Å². The first kappa shape index (κ1) is 16.7. The van der Waals surface area contributed by atoms with Crippen LogP contribution in [-0.2, 0) is 6.54 Å². The first-order valence-corrected chi connectivity index (χ1v) is 8.17. The molecule has 1 aromatic carbocycles. The van der Waals surface area contributed by atoms with E-state index in [0.717, 1.165) is 25.4 Å². The van der Waals surface area contributed by atoms with Crippen LogP contribution in [0.25, 0.3) is 0 Å². The molecule has 1 fully saturated rings. The Morgan fingerprint density at radius 2 is 2.08 bits per heavy atom. The van der Waals surface area contributed by atoms with Gasteiger partial charge >= 0.3 is 6.03 Å². The summed E-state index contributed by atoms with van der Waals surface area (Å²) in [6.07, 6.45) is 1.68. The molecule has 1 aliphatic rings. The van der Waals surface area contributed by atoms with Crippen LogP contribution >= 0.6 is 11.6 Å². The summed E-state index contributed by atoms with van der Waals surface area (Å²) in [5.41, 5.74) is 0.656. The predicted molar refractivity (Wildman–Crippen MR) is 92.6 cm³/mol. The van der Waals surface area contributed by atoms with Gasteiger partial charge in [-0.25, -0.2) is 4.79 Å². The summed E-state index contributed by atoms with van der Waals surface area (Å²) in [6.45, 7) is 3.76. The molecule has 0 bridgehead atoms. The maximum absolute atomic E-state index is 12.4. The number of hydrogen-bond donors (Lipinski definition) is 1. The number of benzene rings is 1. The monoisotopic (exact) mass is 349 g/mol. The van der Waals surface area contributed by atoms with Crippen LogP contribution < -0.4 is 10.1 Å². The summed E-state index contributed by atoms with van der Waals surface area (Å²) in [4.78, 5) is 16.4. The lowest BCUT2D eigenvalue weighted by atomic mass is 10.3. The fourth-order valence-electron chi connectivity index (χ4n) is 2.68. The first-order chi connectivity index (χ1) is 11.7. The van der Waals surface area contributed by atoms with Crippen molar-refractivity contribution < 1.29 is 13.9 Å². The quantitative estimate of drug-likeness (QED) is 0.920. The molecule has 3 rings (SSSR count). The van der Waals surface area contributed by atoms with Gasteiger partial charge < -0.3 is 19.4 Å². The molecule has 1 aromatic heterocycles. The summed E-state index contributed by atoms with van der Waals surface area (Å²) >= 11 is 6.08. The molecule has 2 heterocycles. The van der Waals surface area contributed by atoms with Crippen LogP contribution in [0.2, 0.25) is 5.02 Å². The lowest BCUT2D eigenvalue weighted by Crippen LogP contribution is -2.49. The van der Waals surface area contributed by atoms with Gasteiger partial charge in [-0.1, -0.05) is 11.6 Å². The van der Waals surface area contributed by atoms with Crippen molar-refractivity contribution in [2.45, 2.75) is 6.54 Å². The smallest absolute Gasteiger partial charge is 0.321 e. The highest BCUT2D eigenvalue weighted by atomic mass is 35.5. The average Bonchev–Trinajstić information content (AvgIpc) is 3.08. The Hall–Kier alpha value is -2.18. The lowest BCUT2D eigenvalue weighted by Gasteiger charge is -2.34. The van der Waals surface area contributed by atoms with E-state index >= 15 is 0 Å². The molecule has 7 heteroatoms. The second kappa shape index (κ2) is 7.59. The van der Waals surface area contributed by atoms with Crippen molar-refractivity contribution in [3.63, 3.8) is 0 Å². The van der Waals surface area contributed by atoms with E-state index in [-0.39, 0.29) is 6.03 Å². The number of hydrogen-bond acceptors (Lipinski definition) is 4. The second-order valence-corrected chi connectivity index (χ2v) is 6.03. The van der Waals surface area contributed by atoms with Crippen molar-refractivity contribution >= 4 is 23.3 Å². The zero-order chi connectivity index (χ0) is 16.9. The molecule has 2 amide bonds. The summed E-state index contributed by atoms with van der Waals surface area (Å²) in [5, 5.41) is 3.35. The third-order valence-corrected chi connectivity index (χ3v) is 4.32. The molecule has 0 aliphatic carbocycles. The van der Waals surface area contributed by atoms with Gasteiger partial charge in [0.25, 0.3) is 0 Å². The van der Waals surface area contributed by atoms with Crippen molar-refractivity contribution in [3.8, 4) is 5.75 Å². The largest absolute Gasteiger partial charge is 0.495 e. The minimum Gasteiger partial charge on any atom is -0.495 e. The standard InChI is InChI=1S/C17H20ClN3O3/c1-23-16-5-4-13(11-15(16)18)19-17(22)21-8-6-20(7-9-21)12-14-3-2-10-24-14/h2-5,10-11H,6-9,12H2,1H3,(H,19,22). The van der Waals surface area contributed by atoms with Gasteiger partial charge in [0.15, 0.2) is 0 Å². The highest BCUT2D eigenvalue weighted by Crippen LogP contribution is 2.27. The van der Waals surface area contributed by atoms with Gasteiger partial charge in [0.2, 0.25) is 0 Å². The molecule has 128 valence electrons. The molecule has 1 N–H and O–H groups in total. The number of carbonyl (C=O) groups is 1. The van der Waals surface area contributed by atoms with Crippen LogP contribution in [0.4, 0.5) is 10.5 Å². The number of urea groups is 1. The van der Waals surface area contributed by atoms with Crippen molar-refractivity contribution in [3.05, 3.63) is 47.4 Å². The van der Waals surface area contributed by atoms with E-state index in [1.165, 1.54) is 0 Å². The maximum atomic E-state index is 12.4. The number of furan rings is 1. The zero-order valence-electron chi connectivity index (χ0n) is 13.5. The highest BCUT2D eigenvalue weighted by Gasteiger charge is 2.21. The van der Waals surface area contributed by atoms with Gasteiger partial charge in [0, 0.05) is 31.9 Å². The molecular weight excluding hydrogens is 330 g/mol. The Labute approximate surface area is 145 Å². The molecule has 24 heavy (non-hydrogen) atoms. The van der Waals surface area contributed by atoms with E-state index < -0.39 is 0 Å². The number of nitrogens with one attached hydrogen (secondary N) is 1. The number of halogens is 1. The van der Waals surface area contributed by atoms with Crippen LogP contribution in [0.1, 0.15) is 5.76 Å². The van der Waals surface area contributed by atoms with Crippen LogP contribution in [0.5, 0.6) is 5.75 Å². The third kappa shape index (κ3) is 4.01. The summed E-state index contributed by atoms with van der Waals surface area (Å²) in [6, 6.07) is 8.93. The molecular formula is C17H20ClN3O3. The van der Waals surface area contributed by atoms with Crippen LogP contribution in [-0.4, -0.2) is 49.1 Å².